The molecule has 2 rings (SSSR count). The van der Waals surface area contributed by atoms with Crippen molar-refractivity contribution < 1.29 is 9.53 Å². The zero-order chi connectivity index (χ0) is 14.2. The summed E-state index contributed by atoms with van der Waals surface area (Å²) in [6.45, 7) is 2.53. The van der Waals surface area contributed by atoms with Crippen LogP contribution in [-0.2, 0) is 11.2 Å². The molecule has 0 bridgehead atoms. The predicted molar refractivity (Wildman–Crippen MR) is 80.7 cm³/mol. The minimum atomic E-state index is -0.279. The highest BCUT2D eigenvalue weighted by atomic mass is 16.5. The van der Waals surface area contributed by atoms with E-state index in [0.29, 0.717) is 12.5 Å². The summed E-state index contributed by atoms with van der Waals surface area (Å²) in [5, 5.41) is 2.97. The summed E-state index contributed by atoms with van der Waals surface area (Å²) in [7, 11) is 0. The lowest BCUT2D eigenvalue weighted by Crippen LogP contribution is -2.39. The highest BCUT2D eigenvalue weighted by molar-refractivity contribution is 5.67. The lowest BCUT2D eigenvalue weighted by Gasteiger charge is -2.27. The first-order valence-electron chi connectivity index (χ1n) is 7.73. The fourth-order valence-corrected chi connectivity index (χ4v) is 2.89. The molecule has 20 heavy (non-hydrogen) atoms. The summed E-state index contributed by atoms with van der Waals surface area (Å²) in [4.78, 5) is 11.8. The van der Waals surface area contributed by atoms with Gasteiger partial charge in [0.25, 0.3) is 0 Å². The minimum absolute atomic E-state index is 0.222. The molecular weight excluding hydrogens is 250 g/mol. The van der Waals surface area contributed by atoms with Gasteiger partial charge in [-0.05, 0) is 31.2 Å². The van der Waals surface area contributed by atoms with Gasteiger partial charge in [-0.15, -0.1) is 0 Å². The Labute approximate surface area is 121 Å². The van der Waals surface area contributed by atoms with Crippen LogP contribution < -0.4 is 5.32 Å². The SMILES string of the molecule is CC(NC(=O)OCCc1ccccc1)C1CCCCC1. The van der Waals surface area contributed by atoms with Gasteiger partial charge >= 0.3 is 6.09 Å². The Kier molecular flexibility index (Phi) is 5.90. The van der Waals surface area contributed by atoms with Gasteiger partial charge in [-0.25, -0.2) is 4.79 Å². The minimum Gasteiger partial charge on any atom is -0.449 e. The van der Waals surface area contributed by atoms with Gasteiger partial charge in [0, 0.05) is 12.5 Å². The lowest BCUT2D eigenvalue weighted by molar-refractivity contribution is 0.137. The third-order valence-electron chi connectivity index (χ3n) is 4.17. The molecule has 0 aromatic heterocycles. The Morgan fingerprint density at radius 1 is 1.25 bits per heavy atom. The number of hydrogen-bond donors (Lipinski definition) is 1. The summed E-state index contributed by atoms with van der Waals surface area (Å²) in [6, 6.07) is 10.3. The molecule has 1 N–H and O–H groups in total. The van der Waals surface area contributed by atoms with Crippen molar-refractivity contribution >= 4 is 6.09 Å². The molecule has 1 unspecified atom stereocenters. The standard InChI is InChI=1S/C17H25NO2/c1-14(16-10-6-3-7-11-16)18-17(19)20-13-12-15-8-4-2-5-9-15/h2,4-5,8-9,14,16H,3,6-7,10-13H2,1H3,(H,18,19). The second kappa shape index (κ2) is 7.93. The van der Waals surface area contributed by atoms with Gasteiger partial charge in [-0.3, -0.25) is 0 Å². The van der Waals surface area contributed by atoms with Gasteiger partial charge in [0.15, 0.2) is 0 Å². The number of benzene rings is 1. The maximum absolute atomic E-state index is 11.8. The molecule has 1 saturated carbocycles. The van der Waals surface area contributed by atoms with E-state index in [9.17, 15) is 4.79 Å². The van der Waals surface area contributed by atoms with Crippen LogP contribution in [0.25, 0.3) is 0 Å². The molecule has 1 aromatic carbocycles. The number of alkyl carbamates (subject to hydrolysis) is 1. The number of ether oxygens (including phenoxy) is 1. The average molecular weight is 275 g/mol. The van der Waals surface area contributed by atoms with E-state index in [1.165, 1.54) is 37.7 Å². The number of carbonyl (C=O) groups excluding carboxylic acids is 1. The zero-order valence-electron chi connectivity index (χ0n) is 12.3. The summed E-state index contributed by atoms with van der Waals surface area (Å²) >= 11 is 0. The summed E-state index contributed by atoms with van der Waals surface area (Å²) in [5.74, 6) is 0.616. The molecular formula is C17H25NO2. The Bertz CT molecular complexity index is 399. The molecule has 0 spiro atoms. The van der Waals surface area contributed by atoms with Crippen LogP contribution in [0.5, 0.6) is 0 Å². The first kappa shape index (κ1) is 14.9. The van der Waals surface area contributed by atoms with Crippen LogP contribution in [0.15, 0.2) is 30.3 Å². The zero-order valence-corrected chi connectivity index (χ0v) is 12.3. The fourth-order valence-electron chi connectivity index (χ4n) is 2.89. The molecule has 0 saturated heterocycles. The van der Waals surface area contributed by atoms with Gasteiger partial charge in [0.1, 0.15) is 0 Å². The van der Waals surface area contributed by atoms with Crippen LogP contribution in [0.1, 0.15) is 44.6 Å². The highest BCUT2D eigenvalue weighted by Crippen LogP contribution is 2.26. The fraction of sp³-hybridized carbons (Fsp3) is 0.588. The molecule has 110 valence electrons. The molecule has 1 aromatic rings. The van der Waals surface area contributed by atoms with E-state index in [1.54, 1.807) is 0 Å². The van der Waals surface area contributed by atoms with Gasteiger partial charge < -0.3 is 10.1 Å². The molecule has 0 radical (unpaired) electrons. The van der Waals surface area contributed by atoms with E-state index in [2.05, 4.69) is 12.2 Å². The average Bonchev–Trinajstić information content (AvgIpc) is 2.49. The van der Waals surface area contributed by atoms with Gasteiger partial charge in [-0.2, -0.15) is 0 Å². The molecule has 0 aliphatic heterocycles. The first-order valence-corrected chi connectivity index (χ1v) is 7.73. The summed E-state index contributed by atoms with van der Waals surface area (Å²) < 4.78 is 5.26. The molecule has 1 atom stereocenters. The quantitative estimate of drug-likeness (QED) is 0.884. The van der Waals surface area contributed by atoms with Crippen molar-refractivity contribution in [3.63, 3.8) is 0 Å². The van der Waals surface area contributed by atoms with Crippen LogP contribution in [0.2, 0.25) is 0 Å². The van der Waals surface area contributed by atoms with E-state index in [1.807, 2.05) is 30.3 Å². The van der Waals surface area contributed by atoms with E-state index >= 15 is 0 Å². The Morgan fingerprint density at radius 3 is 2.65 bits per heavy atom. The number of amides is 1. The van der Waals surface area contributed by atoms with Crippen molar-refractivity contribution in [2.24, 2.45) is 5.92 Å². The van der Waals surface area contributed by atoms with Gasteiger partial charge in [0.05, 0.1) is 6.61 Å². The maximum atomic E-state index is 11.8. The third-order valence-corrected chi connectivity index (χ3v) is 4.17. The van der Waals surface area contributed by atoms with Crippen LogP contribution in [-0.4, -0.2) is 18.7 Å². The number of nitrogens with one attached hydrogen (secondary N) is 1. The van der Waals surface area contributed by atoms with Crippen LogP contribution in [0.3, 0.4) is 0 Å². The number of carbonyl (C=O) groups is 1. The number of rotatable bonds is 5. The molecule has 0 heterocycles. The second-order valence-corrected chi connectivity index (χ2v) is 5.70. The van der Waals surface area contributed by atoms with E-state index in [0.717, 1.165) is 6.42 Å². The third kappa shape index (κ3) is 4.87. The van der Waals surface area contributed by atoms with Gasteiger partial charge in [-0.1, -0.05) is 49.6 Å². The first-order chi connectivity index (χ1) is 9.75. The van der Waals surface area contributed by atoms with Gasteiger partial charge in [0.2, 0.25) is 0 Å². The van der Waals surface area contributed by atoms with E-state index in [-0.39, 0.29) is 12.1 Å². The topological polar surface area (TPSA) is 38.3 Å². The normalized spacial score (nSPS) is 17.4. The molecule has 3 nitrogen and oxygen atoms in total. The van der Waals surface area contributed by atoms with E-state index < -0.39 is 0 Å². The van der Waals surface area contributed by atoms with Crippen LogP contribution >= 0.6 is 0 Å². The largest absolute Gasteiger partial charge is 0.449 e. The van der Waals surface area contributed by atoms with Crippen molar-refractivity contribution in [1.82, 2.24) is 5.32 Å². The maximum Gasteiger partial charge on any atom is 0.407 e. The molecule has 1 fully saturated rings. The monoisotopic (exact) mass is 275 g/mol. The Balaban J connectivity index is 1.64. The molecule has 1 amide bonds. The lowest BCUT2D eigenvalue weighted by atomic mass is 9.85. The van der Waals surface area contributed by atoms with Crippen molar-refractivity contribution in [2.75, 3.05) is 6.61 Å². The smallest absolute Gasteiger partial charge is 0.407 e. The predicted octanol–water partition coefficient (Wildman–Crippen LogP) is 3.92. The second-order valence-electron chi connectivity index (χ2n) is 5.70. The van der Waals surface area contributed by atoms with Crippen molar-refractivity contribution in [3.05, 3.63) is 35.9 Å². The molecule has 1 aliphatic carbocycles. The van der Waals surface area contributed by atoms with Crippen LogP contribution in [0, 0.1) is 5.92 Å². The van der Waals surface area contributed by atoms with Crippen molar-refractivity contribution in [1.29, 1.82) is 0 Å². The Morgan fingerprint density at radius 2 is 1.95 bits per heavy atom. The van der Waals surface area contributed by atoms with Crippen molar-refractivity contribution in [3.8, 4) is 0 Å². The summed E-state index contributed by atoms with van der Waals surface area (Å²) in [5.41, 5.74) is 1.20. The Hall–Kier alpha value is -1.51. The molecule has 3 heteroatoms. The van der Waals surface area contributed by atoms with E-state index in [4.69, 9.17) is 4.74 Å². The highest BCUT2D eigenvalue weighted by Gasteiger charge is 2.21. The molecule has 1 aliphatic rings. The van der Waals surface area contributed by atoms with Crippen LogP contribution in [0.4, 0.5) is 4.79 Å². The van der Waals surface area contributed by atoms with Crippen molar-refractivity contribution in [2.45, 2.75) is 51.5 Å². The summed E-state index contributed by atoms with van der Waals surface area (Å²) in [6.07, 6.45) is 6.87. The number of hydrogen-bond acceptors (Lipinski definition) is 2.